The van der Waals surface area contributed by atoms with E-state index in [1.807, 2.05) is 0 Å². The minimum atomic E-state index is -2.00. The van der Waals surface area contributed by atoms with Crippen LogP contribution in [0.25, 0.3) is 0 Å². The summed E-state index contributed by atoms with van der Waals surface area (Å²) in [6.07, 6.45) is -5.86. The Hall–Kier alpha value is -5.73. The average Bonchev–Trinajstić information content (AvgIpc) is 2.99. The van der Waals surface area contributed by atoms with Gasteiger partial charge in [-0.25, -0.2) is 0 Å². The van der Waals surface area contributed by atoms with E-state index in [9.17, 15) is 61.0 Å². The number of fused-ring (bicyclic) bond motifs is 2. The number of benzene rings is 4. The molecular weight excluding hydrogens is 608 g/mol. The topological polar surface area (TPSA) is 258 Å². The van der Waals surface area contributed by atoms with Crippen LogP contribution < -0.4 is 9.47 Å². The van der Waals surface area contributed by atoms with Crippen molar-refractivity contribution in [2.75, 3.05) is 0 Å². The van der Waals surface area contributed by atoms with Crippen LogP contribution in [0.3, 0.4) is 0 Å². The molecule has 0 radical (unpaired) electrons. The van der Waals surface area contributed by atoms with Crippen molar-refractivity contribution in [1.29, 1.82) is 0 Å². The molecule has 0 aromatic heterocycles. The van der Waals surface area contributed by atoms with Crippen LogP contribution in [0, 0.1) is 0 Å². The summed E-state index contributed by atoms with van der Waals surface area (Å²) in [5.74, 6) is -8.93. The first-order valence-electron chi connectivity index (χ1n) is 13.9. The fraction of sp³-hybridized carbons (Fsp3) is 0.219. The van der Waals surface area contributed by atoms with Gasteiger partial charge in [0.15, 0.2) is 23.0 Å². The largest absolute Gasteiger partial charge is 0.507 e. The van der Waals surface area contributed by atoms with E-state index in [4.69, 9.17) is 9.47 Å². The molecule has 46 heavy (non-hydrogen) atoms. The van der Waals surface area contributed by atoms with Crippen molar-refractivity contribution >= 4 is 5.97 Å². The lowest BCUT2D eigenvalue weighted by Crippen LogP contribution is -2.33. The molecule has 2 aliphatic heterocycles. The van der Waals surface area contributed by atoms with E-state index in [0.717, 1.165) is 36.4 Å². The molecule has 0 spiro atoms. The Balaban J connectivity index is 1.53. The molecule has 2 aliphatic rings. The molecule has 0 fully saturated rings. The highest BCUT2D eigenvalue weighted by atomic mass is 16.5. The quantitative estimate of drug-likeness (QED) is 0.141. The summed E-state index contributed by atoms with van der Waals surface area (Å²) in [7, 11) is 0. The zero-order chi connectivity index (χ0) is 33.2. The second-order valence-corrected chi connectivity index (χ2v) is 11.2. The number of aliphatic carboxylic acids is 1. The van der Waals surface area contributed by atoms with Crippen molar-refractivity contribution < 1.29 is 70.4 Å². The van der Waals surface area contributed by atoms with Crippen molar-refractivity contribution in [2.24, 2.45) is 0 Å². The second kappa shape index (κ2) is 11.0. The van der Waals surface area contributed by atoms with Crippen molar-refractivity contribution in [2.45, 2.75) is 43.2 Å². The summed E-state index contributed by atoms with van der Waals surface area (Å²) < 4.78 is 12.0. The van der Waals surface area contributed by atoms with Crippen molar-refractivity contribution in [3.05, 3.63) is 81.9 Å². The molecule has 4 atom stereocenters. The molecule has 0 amide bonds. The molecule has 0 bridgehead atoms. The smallest absolute Gasteiger partial charge is 0.316 e. The van der Waals surface area contributed by atoms with Gasteiger partial charge >= 0.3 is 5.97 Å². The van der Waals surface area contributed by atoms with E-state index in [-0.39, 0.29) is 46.6 Å². The van der Waals surface area contributed by atoms with E-state index in [2.05, 4.69) is 0 Å². The lowest BCUT2D eigenvalue weighted by molar-refractivity contribution is -0.138. The van der Waals surface area contributed by atoms with Gasteiger partial charge in [-0.05, 0) is 35.4 Å². The molecule has 4 unspecified atom stereocenters. The third-order valence-corrected chi connectivity index (χ3v) is 8.25. The van der Waals surface area contributed by atoms with Crippen LogP contribution in [-0.2, 0) is 17.6 Å². The van der Waals surface area contributed by atoms with Gasteiger partial charge in [0, 0.05) is 36.1 Å². The zero-order valence-electron chi connectivity index (χ0n) is 23.6. The Bertz CT molecular complexity index is 1760. The molecule has 0 aliphatic carbocycles. The molecular formula is C32H28O14. The standard InChI is InChI=1S/C32H28O14/c33-15-3-1-11(5-19(15)37)28-23(41)7-13-17(35)9-21(39)25(30(13)45-28)27(32(43)44)26-22(40)10-18(36)14-8-24(42)29(46-31(14)26)12-2-4-16(34)20(38)6-12/h1-6,9-10,23-24,27-29,33-42H,7-8H2,(H,43,44). The van der Waals surface area contributed by atoms with E-state index in [1.165, 1.54) is 12.1 Å². The van der Waals surface area contributed by atoms with Crippen LogP contribution in [0.2, 0.25) is 0 Å². The van der Waals surface area contributed by atoms with E-state index in [1.54, 1.807) is 0 Å². The first-order valence-corrected chi connectivity index (χ1v) is 13.9. The van der Waals surface area contributed by atoms with Crippen LogP contribution >= 0.6 is 0 Å². The van der Waals surface area contributed by atoms with Gasteiger partial charge in [-0.1, -0.05) is 12.1 Å². The summed E-state index contributed by atoms with van der Waals surface area (Å²) in [4.78, 5) is 13.1. The Labute approximate surface area is 259 Å². The van der Waals surface area contributed by atoms with Gasteiger partial charge in [-0.15, -0.1) is 0 Å². The maximum absolute atomic E-state index is 13.1. The highest BCUT2D eigenvalue weighted by Gasteiger charge is 2.43. The number of aliphatic hydroxyl groups excluding tert-OH is 2. The summed E-state index contributed by atoms with van der Waals surface area (Å²) in [5.41, 5.74) is -0.750. The molecule has 6 rings (SSSR count). The number of aromatic hydroxyl groups is 8. The summed E-state index contributed by atoms with van der Waals surface area (Å²) in [6.45, 7) is 0. The van der Waals surface area contributed by atoms with Crippen LogP contribution in [-0.4, -0.2) is 74.3 Å². The predicted molar refractivity (Wildman–Crippen MR) is 155 cm³/mol. The molecule has 4 aromatic rings. The van der Waals surface area contributed by atoms with Crippen LogP contribution in [0.15, 0.2) is 48.5 Å². The van der Waals surface area contributed by atoms with Crippen molar-refractivity contribution in [3.63, 3.8) is 0 Å². The first-order chi connectivity index (χ1) is 21.8. The van der Waals surface area contributed by atoms with Gasteiger partial charge in [0.05, 0.1) is 23.3 Å². The van der Waals surface area contributed by atoms with Gasteiger partial charge in [0.1, 0.15) is 52.6 Å². The zero-order valence-corrected chi connectivity index (χ0v) is 23.6. The van der Waals surface area contributed by atoms with Crippen molar-refractivity contribution in [3.8, 4) is 57.5 Å². The summed E-state index contributed by atoms with van der Waals surface area (Å²) >= 11 is 0. The van der Waals surface area contributed by atoms with Gasteiger partial charge in [-0.2, -0.15) is 0 Å². The second-order valence-electron chi connectivity index (χ2n) is 11.2. The predicted octanol–water partition coefficient (Wildman–Crippen LogP) is 2.62. The first kappa shape index (κ1) is 30.3. The lowest BCUT2D eigenvalue weighted by atomic mass is 9.82. The van der Waals surface area contributed by atoms with Crippen molar-refractivity contribution in [1.82, 2.24) is 0 Å². The van der Waals surface area contributed by atoms with E-state index >= 15 is 0 Å². The van der Waals surface area contributed by atoms with Gasteiger partial charge in [0.2, 0.25) is 0 Å². The Morgan fingerprint density at radius 3 is 1.30 bits per heavy atom. The number of carboxylic acids is 1. The lowest BCUT2D eigenvalue weighted by Gasteiger charge is -2.36. The number of hydrogen-bond donors (Lipinski definition) is 11. The number of aliphatic hydroxyl groups is 2. The average molecular weight is 637 g/mol. The molecule has 2 heterocycles. The van der Waals surface area contributed by atoms with Gasteiger partial charge < -0.3 is 65.6 Å². The number of phenols is 8. The van der Waals surface area contributed by atoms with Crippen LogP contribution in [0.1, 0.15) is 51.5 Å². The SMILES string of the molecule is O=C(O)C(c1c(O)cc(O)c2c1OC(c1ccc(O)c(O)c1)C(O)C2)c1c(O)cc(O)c2c1OC(c1ccc(O)c(O)c1)C(O)C2. The fourth-order valence-corrected chi connectivity index (χ4v) is 6.05. The van der Waals surface area contributed by atoms with Gasteiger partial charge in [-0.3, -0.25) is 4.79 Å². The molecule has 11 N–H and O–H groups in total. The summed E-state index contributed by atoms with van der Waals surface area (Å²) in [5, 5.41) is 116. The number of carboxylic acid groups (broad SMARTS) is 1. The minimum Gasteiger partial charge on any atom is -0.507 e. The van der Waals surface area contributed by atoms with Gasteiger partial charge in [0.25, 0.3) is 0 Å². The Morgan fingerprint density at radius 2 is 0.957 bits per heavy atom. The Kier molecular flexibility index (Phi) is 7.25. The molecule has 14 heteroatoms. The number of rotatable bonds is 5. The molecule has 14 nitrogen and oxygen atoms in total. The maximum atomic E-state index is 13.1. The van der Waals surface area contributed by atoms with E-state index < -0.39 is 93.4 Å². The van der Waals surface area contributed by atoms with E-state index in [0.29, 0.717) is 0 Å². The third kappa shape index (κ3) is 4.89. The Morgan fingerprint density at radius 1 is 0.565 bits per heavy atom. The number of phenolic OH excluding ortho intramolecular Hbond substituents is 8. The monoisotopic (exact) mass is 636 g/mol. The third-order valence-electron chi connectivity index (χ3n) is 8.25. The number of ether oxygens (including phenoxy) is 2. The number of carbonyl (C=O) groups is 1. The summed E-state index contributed by atoms with van der Waals surface area (Å²) in [6, 6.07) is 8.91. The highest BCUT2D eigenvalue weighted by molar-refractivity contribution is 5.86. The fourth-order valence-electron chi connectivity index (χ4n) is 6.05. The molecule has 240 valence electrons. The minimum absolute atomic E-state index is 0.0771. The highest BCUT2D eigenvalue weighted by Crippen LogP contribution is 2.55. The number of hydrogen-bond acceptors (Lipinski definition) is 13. The normalized spacial score (nSPS) is 20.9. The van der Waals surface area contributed by atoms with Crippen LogP contribution in [0.5, 0.6) is 57.5 Å². The van der Waals surface area contributed by atoms with Crippen LogP contribution in [0.4, 0.5) is 0 Å². The maximum Gasteiger partial charge on any atom is 0.316 e. The molecule has 0 saturated carbocycles. The molecule has 0 saturated heterocycles. The molecule has 4 aromatic carbocycles.